The number of para-hydroxylation sites is 1. The SMILES string of the molecule is NC(=S)c1ccc(N2CCc3ccccc32)c(Br)c1. The number of nitrogens with zero attached hydrogens (tertiary/aromatic N) is 1. The zero-order valence-corrected chi connectivity index (χ0v) is 12.7. The predicted octanol–water partition coefficient (Wildman–Crippen LogP) is 3.78. The summed E-state index contributed by atoms with van der Waals surface area (Å²) in [6, 6.07) is 14.5. The summed E-state index contributed by atoms with van der Waals surface area (Å²) in [5.41, 5.74) is 10.4. The topological polar surface area (TPSA) is 29.3 Å². The third kappa shape index (κ3) is 2.26. The van der Waals surface area contributed by atoms with Gasteiger partial charge in [-0.1, -0.05) is 30.4 Å². The molecule has 2 N–H and O–H groups in total. The van der Waals surface area contributed by atoms with Crippen molar-refractivity contribution < 1.29 is 0 Å². The fourth-order valence-electron chi connectivity index (χ4n) is 2.47. The van der Waals surface area contributed by atoms with Crippen LogP contribution in [0.15, 0.2) is 46.9 Å². The van der Waals surface area contributed by atoms with E-state index in [9.17, 15) is 0 Å². The molecule has 96 valence electrons. The standard InChI is InChI=1S/C15H13BrN2S/c16-12-9-11(15(17)19)5-6-14(12)18-8-7-10-3-1-2-4-13(10)18/h1-6,9H,7-8H2,(H2,17,19). The smallest absolute Gasteiger partial charge is 0.104 e. The summed E-state index contributed by atoms with van der Waals surface area (Å²) in [6.45, 7) is 1.00. The minimum Gasteiger partial charge on any atom is -0.389 e. The van der Waals surface area contributed by atoms with Crippen molar-refractivity contribution in [2.45, 2.75) is 6.42 Å². The van der Waals surface area contributed by atoms with Crippen LogP contribution < -0.4 is 10.6 Å². The fourth-order valence-corrected chi connectivity index (χ4v) is 3.19. The van der Waals surface area contributed by atoms with Crippen molar-refractivity contribution in [2.24, 2.45) is 5.73 Å². The summed E-state index contributed by atoms with van der Waals surface area (Å²) in [5, 5.41) is 0. The molecule has 0 aliphatic carbocycles. The Balaban J connectivity index is 2.03. The molecule has 0 radical (unpaired) electrons. The van der Waals surface area contributed by atoms with E-state index in [1.54, 1.807) is 0 Å². The van der Waals surface area contributed by atoms with Gasteiger partial charge in [0.2, 0.25) is 0 Å². The Hall–Kier alpha value is -1.39. The molecule has 2 aromatic rings. The van der Waals surface area contributed by atoms with Crippen molar-refractivity contribution in [1.82, 2.24) is 0 Å². The highest BCUT2D eigenvalue weighted by Crippen LogP contribution is 2.38. The van der Waals surface area contributed by atoms with Crippen LogP contribution in [0.3, 0.4) is 0 Å². The van der Waals surface area contributed by atoms with Crippen LogP contribution in [-0.4, -0.2) is 11.5 Å². The van der Waals surface area contributed by atoms with E-state index in [0.29, 0.717) is 4.99 Å². The maximum atomic E-state index is 5.66. The molecule has 4 heteroatoms. The lowest BCUT2D eigenvalue weighted by Crippen LogP contribution is -2.15. The summed E-state index contributed by atoms with van der Waals surface area (Å²) in [4.78, 5) is 2.75. The highest BCUT2D eigenvalue weighted by atomic mass is 79.9. The van der Waals surface area contributed by atoms with E-state index in [-0.39, 0.29) is 0 Å². The van der Waals surface area contributed by atoms with E-state index in [0.717, 1.165) is 28.7 Å². The third-order valence-corrected chi connectivity index (χ3v) is 4.28. The minimum absolute atomic E-state index is 0.425. The molecular weight excluding hydrogens is 320 g/mol. The lowest BCUT2D eigenvalue weighted by atomic mass is 10.1. The molecule has 0 unspecified atom stereocenters. The molecule has 0 saturated heterocycles. The van der Waals surface area contributed by atoms with Gasteiger partial charge in [-0.05, 0) is 52.2 Å². The number of halogens is 1. The van der Waals surface area contributed by atoms with E-state index in [4.69, 9.17) is 18.0 Å². The van der Waals surface area contributed by atoms with Gasteiger partial charge in [0.25, 0.3) is 0 Å². The van der Waals surface area contributed by atoms with Crippen LogP contribution in [0.25, 0.3) is 0 Å². The molecule has 0 spiro atoms. The summed E-state index contributed by atoms with van der Waals surface area (Å²) in [7, 11) is 0. The first-order valence-electron chi connectivity index (χ1n) is 6.11. The second-order valence-corrected chi connectivity index (χ2v) is 5.85. The first kappa shape index (κ1) is 12.6. The quantitative estimate of drug-likeness (QED) is 0.848. The van der Waals surface area contributed by atoms with Crippen molar-refractivity contribution in [3.63, 3.8) is 0 Å². The molecule has 0 amide bonds. The van der Waals surface area contributed by atoms with Gasteiger partial charge in [0.1, 0.15) is 4.99 Å². The Morgan fingerprint density at radius 3 is 2.68 bits per heavy atom. The summed E-state index contributed by atoms with van der Waals surface area (Å²) >= 11 is 8.63. The molecule has 19 heavy (non-hydrogen) atoms. The number of fused-ring (bicyclic) bond motifs is 1. The predicted molar refractivity (Wildman–Crippen MR) is 87.2 cm³/mol. The van der Waals surface area contributed by atoms with Gasteiger partial charge in [-0.3, -0.25) is 0 Å². The second kappa shape index (κ2) is 4.94. The molecule has 1 aliphatic rings. The van der Waals surface area contributed by atoms with Crippen molar-refractivity contribution in [3.8, 4) is 0 Å². The van der Waals surface area contributed by atoms with E-state index < -0.39 is 0 Å². The Kier molecular flexibility index (Phi) is 3.29. The largest absolute Gasteiger partial charge is 0.389 e. The van der Waals surface area contributed by atoms with E-state index in [2.05, 4.69) is 51.2 Å². The van der Waals surface area contributed by atoms with Gasteiger partial charge >= 0.3 is 0 Å². The maximum Gasteiger partial charge on any atom is 0.104 e. The Bertz CT molecular complexity index is 654. The Labute approximate surface area is 126 Å². The third-order valence-electron chi connectivity index (χ3n) is 3.41. The fraction of sp³-hybridized carbons (Fsp3) is 0.133. The maximum absolute atomic E-state index is 5.66. The number of nitrogens with two attached hydrogens (primary N) is 1. The lowest BCUT2D eigenvalue weighted by Gasteiger charge is -2.21. The first-order valence-corrected chi connectivity index (χ1v) is 7.32. The minimum atomic E-state index is 0.425. The van der Waals surface area contributed by atoms with E-state index in [1.807, 2.05) is 12.1 Å². The highest BCUT2D eigenvalue weighted by Gasteiger charge is 2.21. The van der Waals surface area contributed by atoms with Crippen molar-refractivity contribution in [3.05, 3.63) is 58.1 Å². The zero-order chi connectivity index (χ0) is 13.4. The van der Waals surface area contributed by atoms with E-state index >= 15 is 0 Å². The summed E-state index contributed by atoms with van der Waals surface area (Å²) in [6.07, 6.45) is 1.08. The molecule has 0 bridgehead atoms. The van der Waals surface area contributed by atoms with Gasteiger partial charge in [-0.25, -0.2) is 0 Å². The van der Waals surface area contributed by atoms with Gasteiger partial charge in [-0.2, -0.15) is 0 Å². The average Bonchev–Trinajstić information content (AvgIpc) is 2.82. The second-order valence-electron chi connectivity index (χ2n) is 4.56. The molecule has 0 aromatic heterocycles. The first-order chi connectivity index (χ1) is 9.16. The number of rotatable bonds is 2. The van der Waals surface area contributed by atoms with Crippen molar-refractivity contribution in [1.29, 1.82) is 0 Å². The van der Waals surface area contributed by atoms with Crippen LogP contribution in [0.5, 0.6) is 0 Å². The number of hydrogen-bond donors (Lipinski definition) is 1. The number of anilines is 2. The molecule has 2 aromatic carbocycles. The number of benzene rings is 2. The molecule has 1 heterocycles. The number of thiocarbonyl (C=S) groups is 1. The van der Waals surface area contributed by atoms with Crippen molar-refractivity contribution >= 4 is 44.5 Å². The van der Waals surface area contributed by atoms with Crippen LogP contribution in [0.4, 0.5) is 11.4 Å². The highest BCUT2D eigenvalue weighted by molar-refractivity contribution is 9.10. The molecule has 2 nitrogen and oxygen atoms in total. The Morgan fingerprint density at radius 1 is 1.16 bits per heavy atom. The molecule has 0 fully saturated rings. The van der Waals surface area contributed by atoms with Gasteiger partial charge in [-0.15, -0.1) is 0 Å². The monoisotopic (exact) mass is 332 g/mol. The van der Waals surface area contributed by atoms with Crippen LogP contribution in [0.2, 0.25) is 0 Å². The van der Waals surface area contributed by atoms with Gasteiger partial charge in [0, 0.05) is 22.3 Å². The van der Waals surface area contributed by atoms with Crippen molar-refractivity contribution in [2.75, 3.05) is 11.4 Å². The zero-order valence-electron chi connectivity index (χ0n) is 10.3. The molecule has 0 saturated carbocycles. The lowest BCUT2D eigenvalue weighted by molar-refractivity contribution is 0.995. The van der Waals surface area contributed by atoms with Gasteiger partial charge in [0.05, 0.1) is 5.69 Å². The molecule has 3 rings (SSSR count). The Morgan fingerprint density at radius 2 is 1.95 bits per heavy atom. The van der Waals surface area contributed by atoms with Crippen LogP contribution >= 0.6 is 28.1 Å². The van der Waals surface area contributed by atoms with Crippen LogP contribution in [-0.2, 0) is 6.42 Å². The summed E-state index contributed by atoms with van der Waals surface area (Å²) < 4.78 is 1.02. The van der Waals surface area contributed by atoms with Gasteiger partial charge in [0.15, 0.2) is 0 Å². The molecular formula is C15H13BrN2S. The van der Waals surface area contributed by atoms with Crippen LogP contribution in [0.1, 0.15) is 11.1 Å². The summed E-state index contributed by atoms with van der Waals surface area (Å²) in [5.74, 6) is 0. The number of hydrogen-bond acceptors (Lipinski definition) is 2. The van der Waals surface area contributed by atoms with Crippen LogP contribution in [0, 0.1) is 0 Å². The van der Waals surface area contributed by atoms with Gasteiger partial charge < -0.3 is 10.6 Å². The molecule has 1 aliphatic heterocycles. The molecule has 0 atom stereocenters. The average molecular weight is 333 g/mol. The van der Waals surface area contributed by atoms with E-state index in [1.165, 1.54) is 11.3 Å². The normalized spacial score (nSPS) is 13.4.